The summed E-state index contributed by atoms with van der Waals surface area (Å²) in [4.78, 5) is 78.8. The summed E-state index contributed by atoms with van der Waals surface area (Å²) in [6, 6.07) is 22.9. The molecule has 4 bridgehead atoms. The Kier molecular flexibility index (Phi) is 14.9. The van der Waals surface area contributed by atoms with Gasteiger partial charge in [0.1, 0.15) is 17.6 Å². The van der Waals surface area contributed by atoms with Gasteiger partial charge in [-0.05, 0) is 153 Å². The number of thiazole rings is 1. The van der Waals surface area contributed by atoms with Crippen molar-refractivity contribution in [2.75, 3.05) is 62.9 Å². The maximum atomic E-state index is 14.4. The number of amides is 5. The number of benzene rings is 3. The van der Waals surface area contributed by atoms with Gasteiger partial charge in [-0.3, -0.25) is 39.3 Å². The summed E-state index contributed by atoms with van der Waals surface area (Å²) in [7, 11) is 0. The van der Waals surface area contributed by atoms with Crippen molar-refractivity contribution in [3.8, 4) is 11.1 Å². The molecule has 13 rings (SSSR count). The van der Waals surface area contributed by atoms with Crippen LogP contribution < -0.4 is 20.9 Å². The lowest BCUT2D eigenvalue weighted by atomic mass is 9.49. The minimum Gasteiger partial charge on any atom is -0.379 e. The van der Waals surface area contributed by atoms with Crippen molar-refractivity contribution in [1.82, 2.24) is 35.3 Å². The van der Waals surface area contributed by atoms with Gasteiger partial charge in [-0.1, -0.05) is 47.7 Å². The molecule has 6 aromatic rings. The second kappa shape index (κ2) is 22.5. The lowest BCUT2D eigenvalue weighted by Crippen LogP contribution is -2.52. The van der Waals surface area contributed by atoms with E-state index in [2.05, 4.69) is 43.5 Å². The molecule has 7 aliphatic rings. The van der Waals surface area contributed by atoms with Gasteiger partial charge in [0.25, 0.3) is 17.7 Å². The number of rotatable bonds is 21. The Labute approximate surface area is 457 Å². The number of hydrogen-bond acceptors (Lipinski definition) is 13. The van der Waals surface area contributed by atoms with Crippen molar-refractivity contribution in [2.45, 2.75) is 103 Å². The number of anilines is 2. The van der Waals surface area contributed by atoms with Crippen LogP contribution in [0.1, 0.15) is 117 Å². The van der Waals surface area contributed by atoms with E-state index >= 15 is 0 Å². The van der Waals surface area contributed by atoms with E-state index in [0.29, 0.717) is 105 Å². The highest BCUT2D eigenvalue weighted by molar-refractivity contribution is 7.22. The van der Waals surface area contributed by atoms with Crippen LogP contribution in [-0.4, -0.2) is 113 Å². The topological polar surface area (TPSA) is 199 Å². The van der Waals surface area contributed by atoms with Gasteiger partial charge in [0.2, 0.25) is 11.8 Å². The average molecular weight is 1070 g/mol. The number of para-hydroxylation sites is 1. The van der Waals surface area contributed by atoms with Crippen LogP contribution in [0.2, 0.25) is 0 Å². The largest absolute Gasteiger partial charge is 0.379 e. The molecule has 1 saturated heterocycles. The van der Waals surface area contributed by atoms with Gasteiger partial charge in [-0.25, -0.2) is 9.97 Å². The smallest absolute Gasteiger partial charge is 0.270 e. The van der Waals surface area contributed by atoms with Crippen LogP contribution in [0, 0.1) is 30.1 Å². The van der Waals surface area contributed by atoms with Gasteiger partial charge < -0.3 is 29.3 Å². The van der Waals surface area contributed by atoms with Crippen molar-refractivity contribution in [3.05, 3.63) is 124 Å². The molecule has 5 amide bonds. The summed E-state index contributed by atoms with van der Waals surface area (Å²) in [5.41, 5.74) is 9.38. The SMILES string of the molecule is Cc1c(-c2ccc(N3CCc4cccc(C(=O)Nc5nc6ccccc6s5)c4C3)nc2C(=O)NCCOCCOCCOCCCc2ccc3c(c2)CN(C2CCC(=O)NC2=O)C3=O)cnn1CC12CC3CC(CC(C3)C1)C2. The first-order valence-corrected chi connectivity index (χ1v) is 28.7. The fourth-order valence-corrected chi connectivity index (χ4v) is 14.7. The van der Waals surface area contributed by atoms with Gasteiger partial charge in [0.05, 0.1) is 49.4 Å². The maximum Gasteiger partial charge on any atom is 0.270 e. The van der Waals surface area contributed by atoms with Crippen LogP contribution in [0.15, 0.2) is 79.0 Å². The molecule has 17 nitrogen and oxygen atoms in total. The molecule has 3 aromatic carbocycles. The van der Waals surface area contributed by atoms with E-state index in [4.69, 9.17) is 24.3 Å². The van der Waals surface area contributed by atoms with Crippen LogP contribution in [0.3, 0.4) is 0 Å². The molecule has 3 aliphatic heterocycles. The van der Waals surface area contributed by atoms with Crippen LogP contribution in [-0.2, 0) is 56.3 Å². The van der Waals surface area contributed by atoms with E-state index < -0.39 is 11.9 Å². The molecule has 6 heterocycles. The van der Waals surface area contributed by atoms with E-state index in [0.717, 1.165) is 86.4 Å². The Morgan fingerprint density at radius 2 is 1.54 bits per heavy atom. The molecule has 4 saturated carbocycles. The van der Waals surface area contributed by atoms with Crippen molar-refractivity contribution >= 4 is 62.0 Å². The molecule has 4 aliphatic carbocycles. The summed E-state index contributed by atoms with van der Waals surface area (Å²) < 4.78 is 20.7. The first-order valence-electron chi connectivity index (χ1n) is 27.9. The van der Waals surface area contributed by atoms with Crippen molar-refractivity contribution < 1.29 is 38.2 Å². The predicted octanol–water partition coefficient (Wildman–Crippen LogP) is 8.07. The fraction of sp³-hybridized carbons (Fsp3) is 0.467. The highest BCUT2D eigenvalue weighted by atomic mass is 32.1. The number of carbonyl (C=O) groups excluding carboxylic acids is 5. The molecule has 0 spiro atoms. The van der Waals surface area contributed by atoms with Gasteiger partial charge in [-0.2, -0.15) is 5.10 Å². The molecule has 5 fully saturated rings. The van der Waals surface area contributed by atoms with Gasteiger partial charge in [0, 0.05) is 73.7 Å². The molecule has 78 heavy (non-hydrogen) atoms. The van der Waals surface area contributed by atoms with Crippen LogP contribution in [0.4, 0.5) is 10.9 Å². The van der Waals surface area contributed by atoms with Gasteiger partial charge >= 0.3 is 0 Å². The average Bonchev–Trinajstić information content (AvgIpc) is 4.25. The maximum absolute atomic E-state index is 14.4. The molecule has 0 radical (unpaired) electrons. The Hall–Kier alpha value is -6.86. The summed E-state index contributed by atoms with van der Waals surface area (Å²) in [5.74, 6) is 1.80. The molecular formula is C60H67N9O8S. The number of aryl methyl sites for hydroxylation is 1. The van der Waals surface area contributed by atoms with Crippen LogP contribution >= 0.6 is 11.3 Å². The highest BCUT2D eigenvalue weighted by Crippen LogP contribution is 2.60. The van der Waals surface area contributed by atoms with E-state index in [1.807, 2.05) is 72.9 Å². The minimum absolute atomic E-state index is 0.171. The van der Waals surface area contributed by atoms with E-state index in [1.165, 1.54) is 49.9 Å². The van der Waals surface area contributed by atoms with Crippen molar-refractivity contribution in [2.24, 2.45) is 23.2 Å². The number of ether oxygens (including phenoxy) is 3. The monoisotopic (exact) mass is 1070 g/mol. The molecule has 3 N–H and O–H groups in total. The third-order valence-corrected chi connectivity index (χ3v) is 18.1. The van der Waals surface area contributed by atoms with Crippen molar-refractivity contribution in [1.29, 1.82) is 0 Å². The number of nitrogens with one attached hydrogen (secondary N) is 3. The number of carbonyl (C=O) groups is 5. The standard InChI is InChI=1S/C60H67N9O8S/c1-37-47(33-62-69(37)36-60-30-39-26-40(31-60)28-41(27-39)32-60)45-13-15-52(67-19-17-42-7-4-8-46(48(42)35-67)55(71)66-59-63-49-9-2-3-10-51(49)78-59)64-54(45)57(73)61-18-21-76-23-25-77-24-22-75-20-5-6-38-11-12-44-43(29-38)34-68(58(44)74)50-14-16-53(70)65-56(50)72/h2-4,7-13,15,29,33,39-41,50H,5-6,14,16-28,30-32,34-36H2,1H3,(H,61,73)(H,63,66,71)(H,65,70,72). The van der Waals surface area contributed by atoms with Crippen LogP contribution in [0.5, 0.6) is 0 Å². The molecule has 3 aromatic heterocycles. The molecule has 406 valence electrons. The Morgan fingerprint density at radius 3 is 2.32 bits per heavy atom. The molecule has 1 unspecified atom stereocenters. The first kappa shape index (κ1) is 51.9. The van der Waals surface area contributed by atoms with Gasteiger partial charge in [0.15, 0.2) is 5.13 Å². The summed E-state index contributed by atoms with van der Waals surface area (Å²) in [6.45, 7) is 7.23. The van der Waals surface area contributed by atoms with Crippen molar-refractivity contribution in [3.63, 3.8) is 0 Å². The summed E-state index contributed by atoms with van der Waals surface area (Å²) in [6.07, 6.45) is 12.8. The Bertz CT molecular complexity index is 3210. The molecule has 1 atom stereocenters. The quantitative estimate of drug-likeness (QED) is 0.0464. The zero-order chi connectivity index (χ0) is 53.3. The zero-order valence-electron chi connectivity index (χ0n) is 44.2. The lowest BCUT2D eigenvalue weighted by molar-refractivity contribution is -0.136. The summed E-state index contributed by atoms with van der Waals surface area (Å²) >= 11 is 1.45. The minimum atomic E-state index is -0.626. The molecular weight excluding hydrogens is 1010 g/mol. The number of hydrogen-bond donors (Lipinski definition) is 3. The summed E-state index contributed by atoms with van der Waals surface area (Å²) in [5, 5.41) is 14.0. The number of imide groups is 1. The van der Waals surface area contributed by atoms with E-state index in [9.17, 15) is 24.0 Å². The normalized spacial score (nSPS) is 22.2. The van der Waals surface area contributed by atoms with Gasteiger partial charge in [-0.15, -0.1) is 0 Å². The van der Waals surface area contributed by atoms with Crippen LogP contribution in [0.25, 0.3) is 21.3 Å². The fourth-order valence-electron chi connectivity index (χ4n) is 13.8. The second-order valence-electron chi connectivity index (χ2n) is 22.4. The predicted molar refractivity (Wildman–Crippen MR) is 295 cm³/mol. The lowest BCUT2D eigenvalue weighted by Gasteiger charge is -2.56. The Balaban J connectivity index is 0.634. The highest BCUT2D eigenvalue weighted by Gasteiger charge is 2.51. The van der Waals surface area contributed by atoms with E-state index in [-0.39, 0.29) is 36.6 Å². The number of piperidine rings is 1. The Morgan fingerprint density at radius 1 is 0.782 bits per heavy atom. The third kappa shape index (κ3) is 11.0. The molecule has 18 heteroatoms. The zero-order valence-corrected chi connectivity index (χ0v) is 45.0. The number of pyridine rings is 1. The van der Waals surface area contributed by atoms with E-state index in [1.54, 1.807) is 4.90 Å². The first-order chi connectivity index (χ1) is 38.0. The number of nitrogens with zero attached hydrogens (tertiary/aromatic N) is 6. The second-order valence-corrected chi connectivity index (χ2v) is 23.5. The number of aromatic nitrogens is 4. The third-order valence-electron chi connectivity index (χ3n) is 17.1. The number of fused-ring (bicyclic) bond motifs is 3.